The van der Waals surface area contributed by atoms with Crippen LogP contribution in [0.4, 0.5) is 0 Å². The van der Waals surface area contributed by atoms with Crippen LogP contribution in [0.15, 0.2) is 41.4 Å². The van der Waals surface area contributed by atoms with Gasteiger partial charge in [-0.1, -0.05) is 42.1 Å². The van der Waals surface area contributed by atoms with Crippen molar-refractivity contribution in [3.63, 3.8) is 0 Å². The first-order valence-corrected chi connectivity index (χ1v) is 9.31. The summed E-state index contributed by atoms with van der Waals surface area (Å²) in [5.41, 5.74) is 1.94. The molecular weight excluding hydrogens is 316 g/mol. The van der Waals surface area contributed by atoms with Crippen LogP contribution in [0.5, 0.6) is 0 Å². The van der Waals surface area contributed by atoms with Crippen LogP contribution < -0.4 is 0 Å². The number of aromatic nitrogens is 2. The molecule has 0 amide bonds. The fourth-order valence-electron chi connectivity index (χ4n) is 1.82. The van der Waals surface area contributed by atoms with E-state index in [1.165, 1.54) is 11.8 Å². The normalized spacial score (nSPS) is 10.5. The minimum atomic E-state index is -0.223. The molecule has 0 atom stereocenters. The Bertz CT molecular complexity index is 621. The van der Waals surface area contributed by atoms with E-state index in [1.54, 1.807) is 18.7 Å². The molecule has 1 heterocycles. The van der Waals surface area contributed by atoms with Gasteiger partial charge >= 0.3 is 5.97 Å². The van der Waals surface area contributed by atoms with Crippen molar-refractivity contribution in [3.05, 3.63) is 42.1 Å². The van der Waals surface area contributed by atoms with Crippen molar-refractivity contribution in [3.8, 4) is 11.4 Å². The largest absolute Gasteiger partial charge is 0.465 e. The number of nitrogens with zero attached hydrogens (tertiary/aromatic N) is 2. The highest BCUT2D eigenvalue weighted by Gasteiger charge is 2.09. The topological polar surface area (TPSA) is 52.1 Å². The summed E-state index contributed by atoms with van der Waals surface area (Å²) in [6.45, 7) is 2.20. The zero-order valence-corrected chi connectivity index (χ0v) is 14.2. The molecule has 2 rings (SSSR count). The first kappa shape index (κ1) is 16.8. The average molecular weight is 334 g/mol. The van der Waals surface area contributed by atoms with Crippen molar-refractivity contribution < 1.29 is 9.53 Å². The lowest BCUT2D eigenvalue weighted by atomic mass is 10.2. The Morgan fingerprint density at radius 2 is 2.00 bits per heavy atom. The molecule has 0 saturated heterocycles. The number of carbonyl (C=O) groups excluding carboxylic acids is 1. The number of hydrogen-bond acceptors (Lipinski definition) is 6. The van der Waals surface area contributed by atoms with Gasteiger partial charge in [0.2, 0.25) is 0 Å². The lowest BCUT2D eigenvalue weighted by molar-refractivity contribution is -0.139. The monoisotopic (exact) mass is 334 g/mol. The second-order valence-electron chi connectivity index (χ2n) is 4.41. The van der Waals surface area contributed by atoms with Crippen LogP contribution in [0.3, 0.4) is 0 Å². The Kier molecular flexibility index (Phi) is 6.74. The Balaban J connectivity index is 2.22. The van der Waals surface area contributed by atoms with Crippen LogP contribution in [-0.2, 0) is 15.3 Å². The lowest BCUT2D eigenvalue weighted by Gasteiger charge is -2.07. The fraction of sp³-hybridized carbons (Fsp3) is 0.312. The van der Waals surface area contributed by atoms with Crippen LogP contribution >= 0.6 is 23.5 Å². The Morgan fingerprint density at radius 3 is 2.68 bits per heavy atom. The summed E-state index contributed by atoms with van der Waals surface area (Å²) in [5, 5.41) is 0.797. The van der Waals surface area contributed by atoms with E-state index in [0.29, 0.717) is 12.4 Å². The molecule has 6 heteroatoms. The third kappa shape index (κ3) is 5.03. The number of benzene rings is 1. The molecule has 1 aromatic carbocycles. The highest BCUT2D eigenvalue weighted by Crippen LogP contribution is 2.23. The number of hydrogen-bond donors (Lipinski definition) is 0. The summed E-state index contributed by atoms with van der Waals surface area (Å²) in [5.74, 6) is 1.55. The minimum Gasteiger partial charge on any atom is -0.465 e. The number of esters is 1. The number of carbonyl (C=O) groups is 1. The molecular formula is C16H18N2O2S2. The van der Waals surface area contributed by atoms with Crippen molar-refractivity contribution in [1.82, 2.24) is 9.97 Å². The molecule has 0 bridgehead atoms. The van der Waals surface area contributed by atoms with Crippen molar-refractivity contribution >= 4 is 29.5 Å². The van der Waals surface area contributed by atoms with Crippen LogP contribution in [0.2, 0.25) is 0 Å². The molecule has 0 spiro atoms. The number of rotatable bonds is 7. The molecule has 0 aliphatic rings. The lowest BCUT2D eigenvalue weighted by Crippen LogP contribution is -2.07. The molecule has 0 N–H and O–H groups in total. The van der Waals surface area contributed by atoms with E-state index in [0.717, 1.165) is 22.0 Å². The van der Waals surface area contributed by atoms with Gasteiger partial charge in [-0.2, -0.15) is 11.8 Å². The predicted octanol–water partition coefficient (Wildman–Crippen LogP) is 3.66. The van der Waals surface area contributed by atoms with E-state index >= 15 is 0 Å². The Labute approximate surface area is 139 Å². The highest BCUT2D eigenvalue weighted by atomic mass is 32.2. The smallest absolute Gasteiger partial charge is 0.316 e. The van der Waals surface area contributed by atoms with Gasteiger partial charge in [-0.3, -0.25) is 4.79 Å². The standard InChI is InChI=1S/C16H18N2O2S2/c1-3-20-15(19)11-22-14-9-13(10-21-2)17-16(18-14)12-7-5-4-6-8-12/h4-9H,3,10-11H2,1-2H3. The molecule has 2 aromatic rings. The predicted molar refractivity (Wildman–Crippen MR) is 92.0 cm³/mol. The first-order valence-electron chi connectivity index (χ1n) is 6.93. The van der Waals surface area contributed by atoms with E-state index < -0.39 is 0 Å². The van der Waals surface area contributed by atoms with Gasteiger partial charge in [0.25, 0.3) is 0 Å². The summed E-state index contributed by atoms with van der Waals surface area (Å²) >= 11 is 3.09. The summed E-state index contributed by atoms with van der Waals surface area (Å²) in [7, 11) is 0. The Morgan fingerprint density at radius 1 is 1.23 bits per heavy atom. The summed E-state index contributed by atoms with van der Waals surface area (Å²) < 4.78 is 4.95. The summed E-state index contributed by atoms with van der Waals surface area (Å²) in [4.78, 5) is 20.6. The maximum absolute atomic E-state index is 11.5. The summed E-state index contributed by atoms with van der Waals surface area (Å²) in [6, 6.07) is 11.8. The molecule has 4 nitrogen and oxygen atoms in total. The highest BCUT2D eigenvalue weighted by molar-refractivity contribution is 7.99. The molecule has 0 saturated carbocycles. The SMILES string of the molecule is CCOC(=O)CSc1cc(CSC)nc(-c2ccccc2)n1. The fourth-order valence-corrected chi connectivity index (χ4v) is 2.98. The van der Waals surface area contributed by atoms with Crippen molar-refractivity contribution in [1.29, 1.82) is 0 Å². The quantitative estimate of drug-likeness (QED) is 0.437. The zero-order valence-electron chi connectivity index (χ0n) is 12.6. The van der Waals surface area contributed by atoms with Gasteiger partial charge in [0.05, 0.1) is 18.1 Å². The van der Waals surface area contributed by atoms with E-state index in [-0.39, 0.29) is 11.7 Å². The van der Waals surface area contributed by atoms with E-state index in [9.17, 15) is 4.79 Å². The van der Waals surface area contributed by atoms with Gasteiger partial charge in [0.15, 0.2) is 5.82 Å². The van der Waals surface area contributed by atoms with Gasteiger partial charge in [-0.15, -0.1) is 0 Å². The zero-order chi connectivity index (χ0) is 15.8. The first-order chi connectivity index (χ1) is 10.7. The number of thioether (sulfide) groups is 2. The maximum atomic E-state index is 11.5. The van der Waals surface area contributed by atoms with Crippen molar-refractivity contribution in [2.75, 3.05) is 18.6 Å². The van der Waals surface area contributed by atoms with Crippen LogP contribution in [0, 0.1) is 0 Å². The van der Waals surface area contributed by atoms with Gasteiger partial charge in [0.1, 0.15) is 5.03 Å². The Hall–Kier alpha value is -1.53. The van der Waals surface area contributed by atoms with Crippen LogP contribution in [0.25, 0.3) is 11.4 Å². The summed E-state index contributed by atoms with van der Waals surface area (Å²) in [6.07, 6.45) is 2.04. The molecule has 0 fully saturated rings. The second kappa shape index (κ2) is 8.80. The van der Waals surface area contributed by atoms with Gasteiger partial charge in [-0.05, 0) is 19.2 Å². The molecule has 0 aliphatic carbocycles. The van der Waals surface area contributed by atoms with E-state index in [1.807, 2.05) is 42.7 Å². The number of ether oxygens (including phenoxy) is 1. The maximum Gasteiger partial charge on any atom is 0.316 e. The third-order valence-electron chi connectivity index (χ3n) is 2.72. The molecule has 0 unspecified atom stereocenters. The minimum absolute atomic E-state index is 0.223. The molecule has 0 aliphatic heterocycles. The molecule has 1 aromatic heterocycles. The van der Waals surface area contributed by atoms with Crippen LogP contribution in [0.1, 0.15) is 12.6 Å². The van der Waals surface area contributed by atoms with E-state index in [2.05, 4.69) is 9.97 Å². The van der Waals surface area contributed by atoms with Crippen LogP contribution in [-0.4, -0.2) is 34.6 Å². The average Bonchev–Trinajstić information content (AvgIpc) is 2.54. The molecule has 0 radical (unpaired) electrons. The van der Waals surface area contributed by atoms with Gasteiger partial charge < -0.3 is 4.74 Å². The van der Waals surface area contributed by atoms with Gasteiger partial charge in [0, 0.05) is 11.3 Å². The van der Waals surface area contributed by atoms with Crippen molar-refractivity contribution in [2.24, 2.45) is 0 Å². The second-order valence-corrected chi connectivity index (χ2v) is 6.28. The van der Waals surface area contributed by atoms with E-state index in [4.69, 9.17) is 4.74 Å². The van der Waals surface area contributed by atoms with Crippen molar-refractivity contribution in [2.45, 2.75) is 17.7 Å². The molecule has 116 valence electrons. The third-order valence-corrected chi connectivity index (χ3v) is 4.19. The van der Waals surface area contributed by atoms with Gasteiger partial charge in [-0.25, -0.2) is 9.97 Å². The molecule has 22 heavy (non-hydrogen) atoms.